The van der Waals surface area contributed by atoms with Crippen molar-refractivity contribution in [2.24, 2.45) is 0 Å². The molecular formula is C26H34N4O2. The van der Waals surface area contributed by atoms with Gasteiger partial charge in [-0.1, -0.05) is 18.2 Å². The van der Waals surface area contributed by atoms with Crippen LogP contribution in [0, 0.1) is 0 Å². The summed E-state index contributed by atoms with van der Waals surface area (Å²) in [5, 5.41) is 9.55. The van der Waals surface area contributed by atoms with Crippen molar-refractivity contribution in [1.29, 1.82) is 0 Å². The molecule has 2 aliphatic rings. The Kier molecular flexibility index (Phi) is 6.60. The SMILES string of the molecule is COc1cc2c(NC3CCCNC3)c3ccccc3nc2cc1OCCCN1CCCC1. The second kappa shape index (κ2) is 9.92. The Hall–Kier alpha value is -2.57. The van der Waals surface area contributed by atoms with E-state index in [0.717, 1.165) is 65.0 Å². The Balaban J connectivity index is 1.44. The van der Waals surface area contributed by atoms with E-state index in [1.54, 1.807) is 7.11 Å². The normalized spacial score (nSPS) is 19.5. The van der Waals surface area contributed by atoms with Crippen LogP contribution in [0.25, 0.3) is 21.8 Å². The van der Waals surface area contributed by atoms with Gasteiger partial charge in [0.25, 0.3) is 0 Å². The summed E-state index contributed by atoms with van der Waals surface area (Å²) in [6.07, 6.45) is 6.03. The summed E-state index contributed by atoms with van der Waals surface area (Å²) in [4.78, 5) is 7.48. The molecule has 2 N–H and O–H groups in total. The highest BCUT2D eigenvalue weighted by Gasteiger charge is 2.19. The third-order valence-electron chi connectivity index (χ3n) is 6.69. The van der Waals surface area contributed by atoms with Crippen molar-refractivity contribution < 1.29 is 9.47 Å². The van der Waals surface area contributed by atoms with E-state index in [0.29, 0.717) is 12.6 Å². The minimum Gasteiger partial charge on any atom is -0.493 e. The maximum atomic E-state index is 6.18. The van der Waals surface area contributed by atoms with Crippen LogP contribution in [0.1, 0.15) is 32.1 Å². The van der Waals surface area contributed by atoms with Crippen LogP contribution in [-0.4, -0.2) is 62.4 Å². The van der Waals surface area contributed by atoms with Gasteiger partial charge in [0.15, 0.2) is 11.5 Å². The fourth-order valence-corrected chi connectivity index (χ4v) is 4.98. The van der Waals surface area contributed by atoms with E-state index in [1.807, 2.05) is 12.1 Å². The molecule has 3 heterocycles. The molecule has 0 radical (unpaired) electrons. The van der Waals surface area contributed by atoms with Crippen molar-refractivity contribution in [2.75, 3.05) is 51.8 Å². The predicted molar refractivity (Wildman–Crippen MR) is 131 cm³/mol. The number of nitrogens with one attached hydrogen (secondary N) is 2. The molecule has 32 heavy (non-hydrogen) atoms. The lowest BCUT2D eigenvalue weighted by atomic mass is 10.0. The lowest BCUT2D eigenvalue weighted by Crippen LogP contribution is -2.38. The summed E-state index contributed by atoms with van der Waals surface area (Å²) >= 11 is 0. The Morgan fingerprint density at radius 3 is 2.75 bits per heavy atom. The van der Waals surface area contributed by atoms with Crippen LogP contribution in [-0.2, 0) is 0 Å². The summed E-state index contributed by atoms with van der Waals surface area (Å²) in [5.74, 6) is 1.54. The van der Waals surface area contributed by atoms with Crippen LogP contribution in [0.2, 0.25) is 0 Å². The summed E-state index contributed by atoms with van der Waals surface area (Å²) < 4.78 is 11.9. The largest absolute Gasteiger partial charge is 0.493 e. The van der Waals surface area contributed by atoms with Crippen LogP contribution in [0.15, 0.2) is 36.4 Å². The lowest BCUT2D eigenvalue weighted by molar-refractivity contribution is 0.254. The molecule has 0 aliphatic carbocycles. The van der Waals surface area contributed by atoms with Gasteiger partial charge in [0.2, 0.25) is 0 Å². The van der Waals surface area contributed by atoms with E-state index in [2.05, 4.69) is 39.8 Å². The molecule has 1 aromatic heterocycles. The van der Waals surface area contributed by atoms with Crippen LogP contribution in [0.3, 0.4) is 0 Å². The molecule has 6 nitrogen and oxygen atoms in total. The summed E-state index contributed by atoms with van der Waals surface area (Å²) in [5.41, 5.74) is 3.07. The molecule has 0 amide bonds. The van der Waals surface area contributed by atoms with Gasteiger partial charge in [0.1, 0.15) is 0 Å². The minimum absolute atomic E-state index is 0.408. The number of pyridine rings is 1. The van der Waals surface area contributed by atoms with Gasteiger partial charge in [0.05, 0.1) is 30.4 Å². The summed E-state index contributed by atoms with van der Waals surface area (Å²) in [6, 6.07) is 12.9. The average molecular weight is 435 g/mol. The molecule has 1 atom stereocenters. The van der Waals surface area contributed by atoms with Gasteiger partial charge in [0, 0.05) is 36.0 Å². The topological polar surface area (TPSA) is 58.6 Å². The molecule has 1 unspecified atom stereocenters. The molecule has 0 bridgehead atoms. The smallest absolute Gasteiger partial charge is 0.163 e. The number of para-hydroxylation sites is 1. The molecule has 2 aliphatic heterocycles. The zero-order chi connectivity index (χ0) is 21.8. The minimum atomic E-state index is 0.408. The van der Waals surface area contributed by atoms with Crippen molar-refractivity contribution in [3.05, 3.63) is 36.4 Å². The molecule has 5 rings (SSSR count). The first-order valence-electron chi connectivity index (χ1n) is 12.0. The summed E-state index contributed by atoms with van der Waals surface area (Å²) in [6.45, 7) is 6.31. The van der Waals surface area contributed by atoms with Crippen LogP contribution in [0.4, 0.5) is 5.69 Å². The van der Waals surface area contributed by atoms with Gasteiger partial charge in [-0.25, -0.2) is 4.98 Å². The molecular weight excluding hydrogens is 400 g/mol. The monoisotopic (exact) mass is 434 g/mol. The maximum Gasteiger partial charge on any atom is 0.163 e. The van der Waals surface area contributed by atoms with Crippen molar-refractivity contribution >= 4 is 27.5 Å². The number of nitrogens with zero attached hydrogens (tertiary/aromatic N) is 2. The number of anilines is 1. The highest BCUT2D eigenvalue weighted by Crippen LogP contribution is 2.38. The van der Waals surface area contributed by atoms with Crippen molar-refractivity contribution in [3.8, 4) is 11.5 Å². The zero-order valence-electron chi connectivity index (χ0n) is 19.0. The first kappa shape index (κ1) is 21.3. The highest BCUT2D eigenvalue weighted by atomic mass is 16.5. The van der Waals surface area contributed by atoms with Crippen LogP contribution < -0.4 is 20.1 Å². The number of likely N-dealkylation sites (tertiary alicyclic amines) is 1. The second-order valence-corrected chi connectivity index (χ2v) is 8.96. The van der Waals surface area contributed by atoms with E-state index >= 15 is 0 Å². The molecule has 170 valence electrons. The Labute approximate surface area is 190 Å². The highest BCUT2D eigenvalue weighted by molar-refractivity contribution is 6.08. The van der Waals surface area contributed by atoms with Gasteiger partial charge < -0.3 is 25.0 Å². The lowest BCUT2D eigenvalue weighted by Gasteiger charge is -2.26. The van der Waals surface area contributed by atoms with Crippen molar-refractivity contribution in [3.63, 3.8) is 0 Å². The molecule has 2 saturated heterocycles. The van der Waals surface area contributed by atoms with E-state index in [1.165, 1.54) is 38.8 Å². The molecule has 2 fully saturated rings. The number of rotatable bonds is 8. The summed E-state index contributed by atoms with van der Waals surface area (Å²) in [7, 11) is 1.71. The number of hydrogen-bond acceptors (Lipinski definition) is 6. The fraction of sp³-hybridized carbons (Fsp3) is 0.500. The quantitative estimate of drug-likeness (QED) is 0.404. The fourth-order valence-electron chi connectivity index (χ4n) is 4.98. The van der Waals surface area contributed by atoms with Crippen molar-refractivity contribution in [1.82, 2.24) is 15.2 Å². The number of ether oxygens (including phenoxy) is 2. The van der Waals surface area contributed by atoms with Crippen LogP contribution >= 0.6 is 0 Å². The van der Waals surface area contributed by atoms with Crippen molar-refractivity contribution in [2.45, 2.75) is 38.1 Å². The van der Waals surface area contributed by atoms with E-state index in [4.69, 9.17) is 14.5 Å². The van der Waals surface area contributed by atoms with E-state index in [9.17, 15) is 0 Å². The van der Waals surface area contributed by atoms with Gasteiger partial charge in [-0.15, -0.1) is 0 Å². The van der Waals surface area contributed by atoms with Gasteiger partial charge in [-0.2, -0.15) is 0 Å². The van der Waals surface area contributed by atoms with E-state index < -0.39 is 0 Å². The number of hydrogen-bond donors (Lipinski definition) is 2. The number of fused-ring (bicyclic) bond motifs is 2. The number of aromatic nitrogens is 1. The van der Waals surface area contributed by atoms with Crippen LogP contribution in [0.5, 0.6) is 11.5 Å². The number of benzene rings is 2. The Morgan fingerprint density at radius 2 is 1.94 bits per heavy atom. The van der Waals surface area contributed by atoms with Gasteiger partial charge >= 0.3 is 0 Å². The average Bonchev–Trinajstić information content (AvgIpc) is 3.35. The first-order chi connectivity index (χ1) is 15.8. The van der Waals surface area contributed by atoms with Gasteiger partial charge in [-0.05, 0) is 63.9 Å². The Morgan fingerprint density at radius 1 is 1.06 bits per heavy atom. The molecule has 6 heteroatoms. The van der Waals surface area contributed by atoms with Gasteiger partial charge in [-0.3, -0.25) is 0 Å². The molecule has 3 aromatic rings. The predicted octanol–water partition coefficient (Wildman–Crippen LogP) is 4.43. The second-order valence-electron chi connectivity index (χ2n) is 8.96. The Bertz CT molecular complexity index is 1060. The molecule has 0 spiro atoms. The zero-order valence-corrected chi connectivity index (χ0v) is 19.0. The third kappa shape index (κ3) is 4.62. The first-order valence-corrected chi connectivity index (χ1v) is 12.0. The molecule has 2 aromatic carbocycles. The maximum absolute atomic E-state index is 6.18. The third-order valence-corrected chi connectivity index (χ3v) is 6.69. The van der Waals surface area contributed by atoms with E-state index in [-0.39, 0.29) is 0 Å². The molecule has 0 saturated carbocycles. The number of methoxy groups -OCH3 is 1. The standard InChI is InChI=1S/C26H34N4O2/c1-31-24-16-21-23(17-25(24)32-15-7-14-30-12-4-5-13-30)29-22-10-3-2-9-20(22)26(21)28-19-8-6-11-27-18-19/h2-3,9-10,16-17,19,27H,4-8,11-15,18H2,1H3,(H,28,29). The number of piperidine rings is 1.